The summed E-state index contributed by atoms with van der Waals surface area (Å²) in [5, 5.41) is 8.88. The van der Waals surface area contributed by atoms with Crippen molar-refractivity contribution in [2.45, 2.75) is 33.4 Å². The van der Waals surface area contributed by atoms with Crippen LogP contribution in [-0.2, 0) is 11.3 Å². The molecule has 154 valence electrons. The van der Waals surface area contributed by atoms with Gasteiger partial charge in [-0.25, -0.2) is 4.68 Å². The number of rotatable bonds is 6. The van der Waals surface area contributed by atoms with E-state index >= 15 is 0 Å². The predicted octanol–water partition coefficient (Wildman–Crippen LogP) is 4.20. The molecule has 0 spiro atoms. The van der Waals surface area contributed by atoms with Gasteiger partial charge in [-0.15, -0.1) is 11.3 Å². The topological polar surface area (TPSA) is 73.2 Å². The van der Waals surface area contributed by atoms with Gasteiger partial charge in [0.15, 0.2) is 0 Å². The first kappa shape index (κ1) is 20.1. The van der Waals surface area contributed by atoms with Crippen LogP contribution in [-0.4, -0.2) is 22.3 Å². The van der Waals surface area contributed by atoms with Crippen molar-refractivity contribution in [3.8, 4) is 5.75 Å². The lowest BCUT2D eigenvalue weighted by molar-refractivity contribution is -0.124. The third-order valence-electron chi connectivity index (χ3n) is 5.05. The molecule has 7 heteroatoms. The van der Waals surface area contributed by atoms with Crippen LogP contribution >= 0.6 is 11.3 Å². The second kappa shape index (κ2) is 8.28. The average molecular weight is 422 g/mol. The smallest absolute Gasteiger partial charge is 0.276 e. The number of hydrogen-bond donors (Lipinski definition) is 1. The van der Waals surface area contributed by atoms with Crippen LogP contribution in [0.4, 0.5) is 0 Å². The van der Waals surface area contributed by atoms with Gasteiger partial charge in [0.2, 0.25) is 5.91 Å². The monoisotopic (exact) mass is 421 g/mol. The molecule has 0 fully saturated rings. The number of fused-ring (bicyclic) bond motifs is 3. The third-order valence-corrected chi connectivity index (χ3v) is 6.33. The average Bonchev–Trinajstić information content (AvgIpc) is 3.16. The van der Waals surface area contributed by atoms with Crippen molar-refractivity contribution in [2.75, 3.05) is 6.61 Å². The Balaban J connectivity index is 1.58. The van der Waals surface area contributed by atoms with Gasteiger partial charge in [-0.05, 0) is 44.5 Å². The van der Waals surface area contributed by atoms with Crippen LogP contribution in [0.15, 0.2) is 53.3 Å². The highest BCUT2D eigenvalue weighted by molar-refractivity contribution is 7.26. The van der Waals surface area contributed by atoms with E-state index in [2.05, 4.69) is 10.4 Å². The molecule has 2 aromatic heterocycles. The highest BCUT2D eigenvalue weighted by atomic mass is 32.1. The molecule has 4 aromatic rings. The van der Waals surface area contributed by atoms with E-state index in [9.17, 15) is 9.59 Å². The maximum absolute atomic E-state index is 13.2. The number of nitrogens with one attached hydrogen (secondary N) is 1. The summed E-state index contributed by atoms with van der Waals surface area (Å²) >= 11 is 1.56. The minimum atomic E-state index is -0.720. The number of nitrogens with zero attached hydrogens (tertiary/aromatic N) is 2. The van der Waals surface area contributed by atoms with Gasteiger partial charge in [-0.3, -0.25) is 9.59 Å². The fourth-order valence-electron chi connectivity index (χ4n) is 3.46. The minimum absolute atomic E-state index is 0.239. The normalized spacial score (nSPS) is 12.2. The van der Waals surface area contributed by atoms with Crippen LogP contribution in [0.5, 0.6) is 5.75 Å². The first-order chi connectivity index (χ1) is 14.5. The first-order valence-corrected chi connectivity index (χ1v) is 10.7. The lowest BCUT2D eigenvalue weighted by atomic mass is 10.2. The maximum Gasteiger partial charge on any atom is 0.276 e. The molecule has 0 radical (unpaired) electrons. The van der Waals surface area contributed by atoms with Crippen molar-refractivity contribution in [3.63, 3.8) is 0 Å². The molecule has 0 aliphatic carbocycles. The van der Waals surface area contributed by atoms with E-state index in [1.165, 1.54) is 4.68 Å². The van der Waals surface area contributed by atoms with E-state index < -0.39 is 6.04 Å². The van der Waals surface area contributed by atoms with Gasteiger partial charge in [0.1, 0.15) is 11.8 Å². The van der Waals surface area contributed by atoms with Gasteiger partial charge in [-0.2, -0.15) is 5.10 Å². The molecule has 0 saturated heterocycles. The lowest BCUT2D eigenvalue weighted by Crippen LogP contribution is -2.37. The Morgan fingerprint density at radius 2 is 1.93 bits per heavy atom. The third kappa shape index (κ3) is 3.68. The number of carbonyl (C=O) groups is 1. The van der Waals surface area contributed by atoms with E-state index in [1.54, 1.807) is 18.3 Å². The van der Waals surface area contributed by atoms with Crippen molar-refractivity contribution >= 4 is 37.4 Å². The van der Waals surface area contributed by atoms with Gasteiger partial charge in [-0.1, -0.05) is 30.3 Å². The Bertz CT molecular complexity index is 1270. The molecule has 0 aliphatic rings. The number of benzene rings is 2. The highest BCUT2D eigenvalue weighted by Gasteiger charge is 2.21. The molecule has 1 N–H and O–H groups in total. The van der Waals surface area contributed by atoms with Crippen LogP contribution in [0.2, 0.25) is 0 Å². The summed E-state index contributed by atoms with van der Waals surface area (Å²) in [6.07, 6.45) is 0. The Labute approximate surface area is 178 Å². The zero-order valence-corrected chi connectivity index (χ0v) is 18.0. The molecular weight excluding hydrogens is 398 g/mol. The van der Waals surface area contributed by atoms with E-state index in [1.807, 2.05) is 62.4 Å². The van der Waals surface area contributed by atoms with Crippen LogP contribution in [0.25, 0.3) is 20.2 Å². The number of carbonyl (C=O) groups excluding carboxylic acids is 1. The van der Waals surface area contributed by atoms with E-state index in [-0.39, 0.29) is 11.5 Å². The number of amides is 1. The molecule has 1 atom stereocenters. The van der Waals surface area contributed by atoms with Gasteiger partial charge >= 0.3 is 0 Å². The Morgan fingerprint density at radius 1 is 1.20 bits per heavy atom. The van der Waals surface area contributed by atoms with Crippen molar-refractivity contribution < 1.29 is 9.53 Å². The number of aromatic nitrogens is 2. The van der Waals surface area contributed by atoms with Gasteiger partial charge in [0.25, 0.3) is 5.56 Å². The van der Waals surface area contributed by atoms with Crippen LogP contribution in [0, 0.1) is 6.92 Å². The van der Waals surface area contributed by atoms with Gasteiger partial charge in [0, 0.05) is 16.6 Å². The molecule has 4 rings (SSSR count). The molecule has 0 aliphatic heterocycles. The largest absolute Gasteiger partial charge is 0.494 e. The summed E-state index contributed by atoms with van der Waals surface area (Å²) in [6.45, 7) is 6.48. The summed E-state index contributed by atoms with van der Waals surface area (Å²) in [6, 6.07) is 14.7. The summed E-state index contributed by atoms with van der Waals surface area (Å²) in [4.78, 5) is 25.9. The second-order valence-electron chi connectivity index (χ2n) is 7.11. The Hall–Kier alpha value is -3.19. The number of thiophene rings is 1. The standard InChI is InChI=1S/C23H23N3O3S/c1-4-29-17-11-9-16(10-12-17)13-24-22(27)15(3)26-23(28)20-18-7-5-6-8-19(18)30-21(20)14(2)25-26/h5-12,15H,4,13H2,1-3H3,(H,24,27)/t15-/m0/s1. The maximum atomic E-state index is 13.2. The van der Waals surface area contributed by atoms with E-state index in [0.29, 0.717) is 18.5 Å². The molecule has 2 heterocycles. The molecule has 0 unspecified atom stereocenters. The summed E-state index contributed by atoms with van der Waals surface area (Å²) < 4.78 is 8.65. The molecule has 2 aromatic carbocycles. The zero-order valence-electron chi connectivity index (χ0n) is 17.1. The second-order valence-corrected chi connectivity index (χ2v) is 8.16. The molecule has 6 nitrogen and oxygen atoms in total. The SMILES string of the molecule is CCOc1ccc(CNC(=O)[C@H](C)n2nc(C)c3sc4ccccc4c3c2=O)cc1. The fourth-order valence-corrected chi connectivity index (χ4v) is 4.59. The number of hydrogen-bond acceptors (Lipinski definition) is 5. The lowest BCUT2D eigenvalue weighted by Gasteiger charge is -2.15. The van der Waals surface area contributed by atoms with Gasteiger partial charge in [0.05, 0.1) is 22.4 Å². The Morgan fingerprint density at radius 3 is 2.67 bits per heavy atom. The summed E-state index contributed by atoms with van der Waals surface area (Å²) in [5.74, 6) is 0.542. The molecule has 0 bridgehead atoms. The van der Waals surface area contributed by atoms with Crippen molar-refractivity contribution in [2.24, 2.45) is 0 Å². The number of aryl methyl sites for hydroxylation is 1. The van der Waals surface area contributed by atoms with Crippen LogP contribution in [0.1, 0.15) is 31.1 Å². The van der Waals surface area contributed by atoms with Crippen molar-refractivity contribution in [3.05, 3.63) is 70.1 Å². The van der Waals surface area contributed by atoms with Crippen molar-refractivity contribution in [1.29, 1.82) is 0 Å². The Kier molecular flexibility index (Phi) is 5.55. The minimum Gasteiger partial charge on any atom is -0.494 e. The fraction of sp³-hybridized carbons (Fsp3) is 0.261. The molecule has 1 amide bonds. The molecule has 30 heavy (non-hydrogen) atoms. The molecular formula is C23H23N3O3S. The quantitative estimate of drug-likeness (QED) is 0.507. The summed E-state index contributed by atoms with van der Waals surface area (Å²) in [7, 11) is 0. The highest BCUT2D eigenvalue weighted by Crippen LogP contribution is 2.32. The first-order valence-electron chi connectivity index (χ1n) is 9.89. The van der Waals surface area contributed by atoms with Gasteiger partial charge < -0.3 is 10.1 Å². The van der Waals surface area contributed by atoms with Crippen LogP contribution in [0.3, 0.4) is 0 Å². The van der Waals surface area contributed by atoms with Crippen LogP contribution < -0.4 is 15.6 Å². The summed E-state index contributed by atoms with van der Waals surface area (Å²) in [5.41, 5.74) is 1.46. The van der Waals surface area contributed by atoms with E-state index in [4.69, 9.17) is 4.74 Å². The molecule has 0 saturated carbocycles. The number of ether oxygens (including phenoxy) is 1. The zero-order chi connectivity index (χ0) is 21.3. The predicted molar refractivity (Wildman–Crippen MR) is 120 cm³/mol. The van der Waals surface area contributed by atoms with E-state index in [0.717, 1.165) is 31.8 Å². The van der Waals surface area contributed by atoms with Crippen molar-refractivity contribution in [1.82, 2.24) is 15.1 Å².